The van der Waals surface area contributed by atoms with E-state index < -0.39 is 0 Å². The Labute approximate surface area is 60.1 Å². The molecule has 0 aromatic heterocycles. The minimum absolute atomic E-state index is 0.0775. The predicted molar refractivity (Wildman–Crippen MR) is 36.4 cm³/mol. The highest BCUT2D eigenvalue weighted by molar-refractivity contribution is 5.37. The highest BCUT2D eigenvalue weighted by Crippen LogP contribution is 1.98. The molecule has 4 heteroatoms. The average Bonchev–Trinajstić information content (AvgIpc) is 1.94. The smallest absolute Gasteiger partial charge is 0.294 e. The Bertz CT molecular complexity index is 118. The second-order valence-electron chi connectivity index (χ2n) is 2.37. The van der Waals surface area contributed by atoms with Crippen LogP contribution in [0.4, 0.5) is 0 Å². The quantitative estimate of drug-likeness (QED) is 0.506. The highest BCUT2D eigenvalue weighted by atomic mass is 16.5. The lowest BCUT2D eigenvalue weighted by molar-refractivity contribution is -0.143. The van der Waals surface area contributed by atoms with Crippen LogP contribution in [0, 0.1) is 0 Å². The van der Waals surface area contributed by atoms with Gasteiger partial charge in [-0.25, -0.2) is 0 Å². The van der Waals surface area contributed by atoms with Gasteiger partial charge in [-0.3, -0.25) is 9.69 Å². The van der Waals surface area contributed by atoms with E-state index in [2.05, 4.69) is 5.32 Å². The number of rotatable bonds is 2. The van der Waals surface area contributed by atoms with Gasteiger partial charge in [-0.2, -0.15) is 0 Å². The molecule has 58 valence electrons. The molecule has 4 nitrogen and oxygen atoms in total. The van der Waals surface area contributed by atoms with Crippen LogP contribution in [0.25, 0.3) is 0 Å². The molecule has 0 aliphatic carbocycles. The van der Waals surface area contributed by atoms with E-state index in [4.69, 9.17) is 4.74 Å². The van der Waals surface area contributed by atoms with Gasteiger partial charge in [0, 0.05) is 19.6 Å². The van der Waals surface area contributed by atoms with Crippen LogP contribution in [0.15, 0.2) is 0 Å². The van der Waals surface area contributed by atoms with Crippen LogP contribution in [0.1, 0.15) is 0 Å². The Hall–Kier alpha value is -0.610. The van der Waals surface area contributed by atoms with Gasteiger partial charge in [0.05, 0.1) is 0 Å². The van der Waals surface area contributed by atoms with Crippen LogP contribution in [-0.4, -0.2) is 44.3 Å². The summed E-state index contributed by atoms with van der Waals surface area (Å²) in [6.45, 7) is 3.12. The van der Waals surface area contributed by atoms with Crippen LogP contribution >= 0.6 is 0 Å². The molecule has 10 heavy (non-hydrogen) atoms. The first-order valence-electron chi connectivity index (χ1n) is 3.34. The molecule has 0 saturated carbocycles. The lowest BCUT2D eigenvalue weighted by Gasteiger charge is -2.30. The molecule has 0 amide bonds. The van der Waals surface area contributed by atoms with Crippen molar-refractivity contribution in [2.75, 3.05) is 26.7 Å². The molecule has 1 unspecified atom stereocenters. The van der Waals surface area contributed by atoms with Crippen molar-refractivity contribution in [3.63, 3.8) is 0 Å². The first-order valence-corrected chi connectivity index (χ1v) is 3.34. The molecule has 1 aliphatic heterocycles. The maximum atomic E-state index is 9.94. The molecule has 1 saturated heterocycles. The van der Waals surface area contributed by atoms with E-state index in [0.29, 0.717) is 6.47 Å². The summed E-state index contributed by atoms with van der Waals surface area (Å²) in [5.41, 5.74) is 0. The summed E-state index contributed by atoms with van der Waals surface area (Å²) in [7, 11) is 1.94. The Morgan fingerprint density at radius 3 is 3.20 bits per heavy atom. The molecule has 0 bridgehead atoms. The summed E-state index contributed by atoms with van der Waals surface area (Å²) in [6, 6.07) is 0. The third-order valence-electron chi connectivity index (χ3n) is 1.66. The fraction of sp³-hybridized carbons (Fsp3) is 0.833. The summed E-state index contributed by atoms with van der Waals surface area (Å²) in [6.07, 6.45) is -0.0775. The Balaban J connectivity index is 2.32. The summed E-state index contributed by atoms with van der Waals surface area (Å²) < 4.78 is 4.78. The number of hydrogen-bond acceptors (Lipinski definition) is 4. The standard InChI is InChI=1S/C6H12N2O2/c1-8-3-2-7-4-6(8)10-5-9/h5-7H,2-4H2,1H3. The van der Waals surface area contributed by atoms with Crippen LogP contribution in [0.2, 0.25) is 0 Å². The summed E-state index contributed by atoms with van der Waals surface area (Å²) in [5.74, 6) is 0. The number of carbonyl (C=O) groups excluding carboxylic acids is 1. The van der Waals surface area contributed by atoms with Crippen molar-refractivity contribution in [1.82, 2.24) is 10.2 Å². The number of likely N-dealkylation sites (N-methyl/N-ethyl adjacent to an activating group) is 1. The van der Waals surface area contributed by atoms with Crippen LogP contribution in [0.5, 0.6) is 0 Å². The normalized spacial score (nSPS) is 27.9. The fourth-order valence-corrected chi connectivity index (χ4v) is 0.997. The lowest BCUT2D eigenvalue weighted by Crippen LogP contribution is -2.50. The molecule has 1 atom stereocenters. The monoisotopic (exact) mass is 144 g/mol. The van der Waals surface area contributed by atoms with Gasteiger partial charge < -0.3 is 10.1 Å². The van der Waals surface area contributed by atoms with Crippen molar-refractivity contribution in [1.29, 1.82) is 0 Å². The molecule has 1 fully saturated rings. The number of ether oxygens (including phenoxy) is 1. The maximum Gasteiger partial charge on any atom is 0.294 e. The van der Waals surface area contributed by atoms with Gasteiger partial charge in [0.15, 0.2) is 6.23 Å². The SMILES string of the molecule is CN1CCNCC1OC=O. The summed E-state index contributed by atoms with van der Waals surface area (Å²) in [5, 5.41) is 3.12. The number of hydrogen-bond donors (Lipinski definition) is 1. The largest absolute Gasteiger partial charge is 0.447 e. The van der Waals surface area contributed by atoms with E-state index in [-0.39, 0.29) is 6.23 Å². The molecule has 0 aromatic carbocycles. The molecule has 1 heterocycles. The zero-order valence-corrected chi connectivity index (χ0v) is 6.04. The topological polar surface area (TPSA) is 41.6 Å². The van der Waals surface area contributed by atoms with Crippen molar-refractivity contribution in [2.24, 2.45) is 0 Å². The van der Waals surface area contributed by atoms with E-state index in [1.54, 1.807) is 0 Å². The molecular weight excluding hydrogens is 132 g/mol. The van der Waals surface area contributed by atoms with Gasteiger partial charge in [-0.1, -0.05) is 0 Å². The van der Waals surface area contributed by atoms with Crippen LogP contribution in [-0.2, 0) is 9.53 Å². The Morgan fingerprint density at radius 1 is 1.80 bits per heavy atom. The van der Waals surface area contributed by atoms with E-state index in [9.17, 15) is 4.79 Å². The number of piperazine rings is 1. The maximum absolute atomic E-state index is 9.94. The third kappa shape index (κ3) is 1.68. The first kappa shape index (κ1) is 7.50. The van der Waals surface area contributed by atoms with Crippen molar-refractivity contribution in [3.05, 3.63) is 0 Å². The van der Waals surface area contributed by atoms with Crippen LogP contribution < -0.4 is 5.32 Å². The average molecular weight is 144 g/mol. The van der Waals surface area contributed by atoms with Gasteiger partial charge in [0.25, 0.3) is 6.47 Å². The minimum atomic E-state index is -0.0775. The van der Waals surface area contributed by atoms with Gasteiger partial charge in [0.1, 0.15) is 0 Å². The van der Waals surface area contributed by atoms with Gasteiger partial charge in [0.2, 0.25) is 0 Å². The second-order valence-corrected chi connectivity index (χ2v) is 2.37. The Morgan fingerprint density at radius 2 is 2.60 bits per heavy atom. The molecule has 1 aliphatic rings. The Kier molecular flexibility index (Phi) is 2.65. The zero-order chi connectivity index (χ0) is 7.40. The van der Waals surface area contributed by atoms with Gasteiger partial charge >= 0.3 is 0 Å². The fourth-order valence-electron chi connectivity index (χ4n) is 0.997. The predicted octanol–water partition coefficient (Wildman–Crippen LogP) is -0.979. The third-order valence-corrected chi connectivity index (χ3v) is 1.66. The van der Waals surface area contributed by atoms with E-state index in [0.717, 1.165) is 19.6 Å². The first-order chi connectivity index (χ1) is 4.84. The molecule has 0 spiro atoms. The summed E-state index contributed by atoms with van der Waals surface area (Å²) in [4.78, 5) is 11.9. The summed E-state index contributed by atoms with van der Waals surface area (Å²) >= 11 is 0. The van der Waals surface area contributed by atoms with Crippen molar-refractivity contribution in [3.8, 4) is 0 Å². The molecule has 0 radical (unpaired) electrons. The van der Waals surface area contributed by atoms with E-state index in [1.165, 1.54) is 0 Å². The second kappa shape index (κ2) is 3.53. The van der Waals surface area contributed by atoms with Crippen molar-refractivity contribution < 1.29 is 9.53 Å². The molecule has 0 aromatic rings. The van der Waals surface area contributed by atoms with E-state index >= 15 is 0 Å². The number of nitrogens with one attached hydrogen (secondary N) is 1. The molecular formula is C6H12N2O2. The lowest BCUT2D eigenvalue weighted by atomic mass is 10.4. The van der Waals surface area contributed by atoms with E-state index in [1.807, 2.05) is 11.9 Å². The molecule has 1 rings (SSSR count). The van der Waals surface area contributed by atoms with Gasteiger partial charge in [-0.15, -0.1) is 0 Å². The van der Waals surface area contributed by atoms with Crippen molar-refractivity contribution in [2.45, 2.75) is 6.23 Å². The number of carbonyl (C=O) groups is 1. The number of nitrogens with zero attached hydrogens (tertiary/aromatic N) is 1. The van der Waals surface area contributed by atoms with Crippen molar-refractivity contribution >= 4 is 6.47 Å². The molecule has 1 N–H and O–H groups in total. The van der Waals surface area contributed by atoms with Crippen LogP contribution in [0.3, 0.4) is 0 Å². The minimum Gasteiger partial charge on any atom is -0.447 e. The van der Waals surface area contributed by atoms with Gasteiger partial charge in [-0.05, 0) is 7.05 Å². The highest BCUT2D eigenvalue weighted by Gasteiger charge is 2.18. The zero-order valence-electron chi connectivity index (χ0n) is 6.04.